The van der Waals surface area contributed by atoms with E-state index in [1.54, 1.807) is 20.8 Å². The molecular formula is C13H21N3O5. The molecule has 1 aliphatic rings. The number of likely N-dealkylation sites (N-methyl/N-ethyl adjacent to an activating group) is 1. The lowest BCUT2D eigenvalue weighted by Gasteiger charge is -2.21. The average Bonchev–Trinajstić information content (AvgIpc) is 2.62. The second-order valence-corrected chi connectivity index (χ2v) is 5.25. The van der Waals surface area contributed by atoms with Crippen molar-refractivity contribution in [1.82, 2.24) is 15.1 Å². The zero-order valence-corrected chi connectivity index (χ0v) is 12.8. The Hall–Kier alpha value is -2.12. The average molecular weight is 299 g/mol. The van der Waals surface area contributed by atoms with E-state index >= 15 is 0 Å². The van der Waals surface area contributed by atoms with Crippen LogP contribution in [0.15, 0.2) is 0 Å². The number of esters is 1. The molecule has 1 heterocycles. The summed E-state index contributed by atoms with van der Waals surface area (Å²) in [5.41, 5.74) is -0.948. The SMILES string of the molecule is CCN(CC(=O)OC)C(=O)CCN1C(=O)NC(C)(C)C1=O. The van der Waals surface area contributed by atoms with E-state index in [-0.39, 0.29) is 31.3 Å². The number of carbonyl (C=O) groups is 4. The summed E-state index contributed by atoms with van der Waals surface area (Å²) in [7, 11) is 1.25. The molecule has 118 valence electrons. The maximum atomic E-state index is 12.0. The molecule has 0 spiro atoms. The van der Waals surface area contributed by atoms with E-state index in [0.29, 0.717) is 6.54 Å². The van der Waals surface area contributed by atoms with Crippen molar-refractivity contribution in [2.24, 2.45) is 0 Å². The highest BCUT2D eigenvalue weighted by molar-refractivity contribution is 6.06. The molecule has 0 unspecified atom stereocenters. The van der Waals surface area contributed by atoms with Gasteiger partial charge in [-0.25, -0.2) is 4.79 Å². The number of rotatable bonds is 6. The predicted octanol–water partition coefficient (Wildman–Crippen LogP) is -0.272. The van der Waals surface area contributed by atoms with Crippen molar-refractivity contribution in [3.05, 3.63) is 0 Å². The molecule has 4 amide bonds. The minimum Gasteiger partial charge on any atom is -0.468 e. The predicted molar refractivity (Wildman–Crippen MR) is 73.2 cm³/mol. The summed E-state index contributed by atoms with van der Waals surface area (Å²) in [5, 5.41) is 2.54. The number of carbonyl (C=O) groups excluding carboxylic acids is 4. The summed E-state index contributed by atoms with van der Waals surface area (Å²) in [6.07, 6.45) is -0.0277. The van der Waals surface area contributed by atoms with Crippen LogP contribution in [0.2, 0.25) is 0 Å². The van der Waals surface area contributed by atoms with Gasteiger partial charge in [0.05, 0.1) is 7.11 Å². The van der Waals surface area contributed by atoms with Crippen LogP contribution in [0.25, 0.3) is 0 Å². The molecule has 0 aliphatic carbocycles. The number of methoxy groups -OCH3 is 1. The summed E-state index contributed by atoms with van der Waals surface area (Å²) in [4.78, 5) is 49.2. The monoisotopic (exact) mass is 299 g/mol. The van der Waals surface area contributed by atoms with Gasteiger partial charge in [-0.15, -0.1) is 0 Å². The van der Waals surface area contributed by atoms with Crippen LogP contribution in [-0.2, 0) is 19.1 Å². The van der Waals surface area contributed by atoms with E-state index in [9.17, 15) is 19.2 Å². The zero-order valence-electron chi connectivity index (χ0n) is 12.8. The van der Waals surface area contributed by atoms with Crippen molar-refractivity contribution in [2.75, 3.05) is 26.7 Å². The summed E-state index contributed by atoms with van der Waals surface area (Å²) in [6, 6.07) is -0.506. The van der Waals surface area contributed by atoms with E-state index in [0.717, 1.165) is 4.90 Å². The Balaban J connectivity index is 2.58. The first-order valence-electron chi connectivity index (χ1n) is 6.71. The maximum Gasteiger partial charge on any atom is 0.325 e. The van der Waals surface area contributed by atoms with Crippen LogP contribution in [0.5, 0.6) is 0 Å². The summed E-state index contributed by atoms with van der Waals surface area (Å²) in [6.45, 7) is 5.13. The first-order valence-corrected chi connectivity index (χ1v) is 6.71. The second kappa shape index (κ2) is 6.55. The molecule has 0 aromatic rings. The van der Waals surface area contributed by atoms with Gasteiger partial charge >= 0.3 is 12.0 Å². The fraction of sp³-hybridized carbons (Fsp3) is 0.692. The summed E-state index contributed by atoms with van der Waals surface area (Å²) in [5.74, 6) is -1.19. The Kier molecular flexibility index (Phi) is 5.28. The number of nitrogens with zero attached hydrogens (tertiary/aromatic N) is 2. The Morgan fingerprint density at radius 2 is 1.95 bits per heavy atom. The molecule has 0 aromatic carbocycles. The number of nitrogens with one attached hydrogen (secondary N) is 1. The van der Waals surface area contributed by atoms with E-state index < -0.39 is 17.5 Å². The molecular weight excluding hydrogens is 278 g/mol. The molecule has 0 bridgehead atoms. The minimum atomic E-state index is -0.948. The molecule has 0 saturated carbocycles. The molecule has 21 heavy (non-hydrogen) atoms. The molecule has 1 rings (SSSR count). The molecule has 1 saturated heterocycles. The Bertz CT molecular complexity index is 461. The van der Waals surface area contributed by atoms with Gasteiger partial charge in [0.15, 0.2) is 0 Å². The van der Waals surface area contributed by atoms with Crippen molar-refractivity contribution in [3.8, 4) is 0 Å². The van der Waals surface area contributed by atoms with E-state index in [2.05, 4.69) is 10.1 Å². The van der Waals surface area contributed by atoms with Gasteiger partial charge in [0.25, 0.3) is 5.91 Å². The molecule has 8 heteroatoms. The van der Waals surface area contributed by atoms with Crippen LogP contribution in [0.4, 0.5) is 4.79 Å². The number of amides is 4. The van der Waals surface area contributed by atoms with Gasteiger partial charge in [-0.05, 0) is 20.8 Å². The lowest BCUT2D eigenvalue weighted by atomic mass is 10.1. The van der Waals surface area contributed by atoms with Gasteiger partial charge in [0, 0.05) is 19.5 Å². The molecule has 0 radical (unpaired) electrons. The normalized spacial score (nSPS) is 16.7. The summed E-state index contributed by atoms with van der Waals surface area (Å²) >= 11 is 0. The van der Waals surface area contributed by atoms with Gasteiger partial charge < -0.3 is 15.0 Å². The van der Waals surface area contributed by atoms with Crippen LogP contribution < -0.4 is 5.32 Å². The number of ether oxygens (including phenoxy) is 1. The number of urea groups is 1. The van der Waals surface area contributed by atoms with Gasteiger partial charge in [0.2, 0.25) is 5.91 Å². The maximum absolute atomic E-state index is 12.0. The Morgan fingerprint density at radius 1 is 1.33 bits per heavy atom. The van der Waals surface area contributed by atoms with Gasteiger partial charge in [-0.1, -0.05) is 0 Å². The topological polar surface area (TPSA) is 96.0 Å². The highest BCUT2D eigenvalue weighted by atomic mass is 16.5. The van der Waals surface area contributed by atoms with Crippen LogP contribution in [0, 0.1) is 0 Å². The van der Waals surface area contributed by atoms with Crippen LogP contribution in [-0.4, -0.2) is 65.9 Å². The first-order chi connectivity index (χ1) is 9.72. The largest absolute Gasteiger partial charge is 0.468 e. The molecule has 0 atom stereocenters. The highest BCUT2D eigenvalue weighted by Gasteiger charge is 2.44. The van der Waals surface area contributed by atoms with Crippen molar-refractivity contribution in [3.63, 3.8) is 0 Å². The van der Waals surface area contributed by atoms with Gasteiger partial charge in [-0.3, -0.25) is 19.3 Å². The smallest absolute Gasteiger partial charge is 0.325 e. The van der Waals surface area contributed by atoms with Crippen molar-refractivity contribution < 1.29 is 23.9 Å². The third-order valence-corrected chi connectivity index (χ3v) is 3.28. The zero-order chi connectivity index (χ0) is 16.2. The van der Waals surface area contributed by atoms with Gasteiger partial charge in [0.1, 0.15) is 12.1 Å². The van der Waals surface area contributed by atoms with Gasteiger partial charge in [-0.2, -0.15) is 0 Å². The quantitative estimate of drug-likeness (QED) is 0.538. The lowest BCUT2D eigenvalue weighted by Crippen LogP contribution is -2.41. The van der Waals surface area contributed by atoms with E-state index in [4.69, 9.17) is 0 Å². The number of hydrogen-bond acceptors (Lipinski definition) is 5. The van der Waals surface area contributed by atoms with Crippen molar-refractivity contribution in [2.45, 2.75) is 32.7 Å². The van der Waals surface area contributed by atoms with Crippen molar-refractivity contribution in [1.29, 1.82) is 0 Å². The third kappa shape index (κ3) is 3.93. The highest BCUT2D eigenvalue weighted by Crippen LogP contribution is 2.16. The minimum absolute atomic E-state index is 0.00932. The van der Waals surface area contributed by atoms with E-state index in [1.165, 1.54) is 12.0 Å². The second-order valence-electron chi connectivity index (χ2n) is 5.25. The third-order valence-electron chi connectivity index (χ3n) is 3.28. The van der Waals surface area contributed by atoms with Crippen LogP contribution >= 0.6 is 0 Å². The van der Waals surface area contributed by atoms with Crippen molar-refractivity contribution >= 4 is 23.8 Å². The molecule has 1 aliphatic heterocycles. The standard InChI is InChI=1S/C13H21N3O5/c1-5-15(8-10(18)21-4)9(17)6-7-16-11(19)13(2,3)14-12(16)20/h5-8H2,1-4H3,(H,14,20). The molecule has 1 N–H and O–H groups in total. The lowest BCUT2D eigenvalue weighted by molar-refractivity contribution is -0.147. The fourth-order valence-corrected chi connectivity index (χ4v) is 1.98. The Labute approximate surface area is 123 Å². The van der Waals surface area contributed by atoms with E-state index in [1.807, 2.05) is 0 Å². The fourth-order valence-electron chi connectivity index (χ4n) is 1.98. The number of hydrogen-bond donors (Lipinski definition) is 1. The van der Waals surface area contributed by atoms with Crippen LogP contribution in [0.1, 0.15) is 27.2 Å². The van der Waals surface area contributed by atoms with Crippen LogP contribution in [0.3, 0.4) is 0 Å². The summed E-state index contributed by atoms with van der Waals surface area (Å²) < 4.78 is 4.51. The Morgan fingerprint density at radius 3 is 2.38 bits per heavy atom. The number of imide groups is 1. The molecule has 1 fully saturated rings. The first kappa shape index (κ1) is 16.9. The molecule has 8 nitrogen and oxygen atoms in total. The molecule has 0 aromatic heterocycles.